The quantitative estimate of drug-likeness (QED) is 0.844. The lowest BCUT2D eigenvalue weighted by molar-refractivity contribution is 0.167. The Kier molecular flexibility index (Phi) is 3.17. The topological polar surface area (TPSA) is 47.0 Å². The molecule has 0 radical (unpaired) electrons. The van der Waals surface area contributed by atoms with E-state index in [0.717, 1.165) is 12.1 Å². The Labute approximate surface area is 107 Å². The first-order valence-corrected chi connectivity index (χ1v) is 6.17. The zero-order chi connectivity index (χ0) is 12.6. The van der Waals surface area contributed by atoms with Gasteiger partial charge in [-0.15, -0.1) is 11.6 Å². The van der Waals surface area contributed by atoms with Crippen LogP contribution >= 0.6 is 11.6 Å². The largest absolute Gasteiger partial charge is 0.481 e. The summed E-state index contributed by atoms with van der Waals surface area (Å²) >= 11 is 6.19. The standard InChI is InChI=1S/C12H18ClN3O/c1-7-5-10(17-4)16-11(14-7)15-9-6-8(13)12(9,2)3/h5,8-9H,6H2,1-4H3,(H,14,15,16). The third-order valence-electron chi connectivity index (χ3n) is 3.49. The number of anilines is 1. The zero-order valence-electron chi connectivity index (χ0n) is 10.6. The molecule has 0 saturated heterocycles. The first-order valence-electron chi connectivity index (χ1n) is 5.73. The molecule has 0 aromatic carbocycles. The van der Waals surface area contributed by atoms with Gasteiger partial charge in [-0.25, -0.2) is 4.98 Å². The smallest absolute Gasteiger partial charge is 0.226 e. The number of nitrogens with one attached hydrogen (secondary N) is 1. The van der Waals surface area contributed by atoms with E-state index in [4.69, 9.17) is 16.3 Å². The molecule has 1 saturated carbocycles. The maximum atomic E-state index is 6.19. The number of rotatable bonds is 3. The molecule has 2 unspecified atom stereocenters. The Morgan fingerprint density at radius 3 is 2.71 bits per heavy atom. The van der Waals surface area contributed by atoms with Gasteiger partial charge in [0.05, 0.1) is 7.11 Å². The molecule has 0 amide bonds. The van der Waals surface area contributed by atoms with Crippen LogP contribution in [0.1, 0.15) is 26.0 Å². The molecule has 0 spiro atoms. The van der Waals surface area contributed by atoms with Gasteiger partial charge in [-0.1, -0.05) is 13.8 Å². The van der Waals surface area contributed by atoms with Gasteiger partial charge < -0.3 is 10.1 Å². The Morgan fingerprint density at radius 1 is 1.47 bits per heavy atom. The van der Waals surface area contributed by atoms with Gasteiger partial charge in [-0.3, -0.25) is 0 Å². The van der Waals surface area contributed by atoms with Crippen LogP contribution in [0.25, 0.3) is 0 Å². The number of aryl methyl sites for hydroxylation is 1. The number of hydrogen-bond donors (Lipinski definition) is 1. The second-order valence-electron chi connectivity index (χ2n) is 5.10. The molecule has 5 heteroatoms. The molecular weight excluding hydrogens is 238 g/mol. The van der Waals surface area contributed by atoms with Crippen LogP contribution in [0.4, 0.5) is 5.95 Å². The molecule has 1 aromatic heterocycles. The van der Waals surface area contributed by atoms with Gasteiger partial charge >= 0.3 is 0 Å². The number of hydrogen-bond acceptors (Lipinski definition) is 4. The van der Waals surface area contributed by atoms with Crippen LogP contribution in [-0.4, -0.2) is 28.5 Å². The van der Waals surface area contributed by atoms with E-state index in [1.807, 2.05) is 6.92 Å². The molecule has 94 valence electrons. The molecule has 2 atom stereocenters. The van der Waals surface area contributed by atoms with E-state index in [1.54, 1.807) is 13.2 Å². The highest BCUT2D eigenvalue weighted by molar-refractivity contribution is 6.21. The van der Waals surface area contributed by atoms with Crippen molar-refractivity contribution in [3.63, 3.8) is 0 Å². The third kappa shape index (κ3) is 2.32. The van der Waals surface area contributed by atoms with Gasteiger partial charge in [0.2, 0.25) is 11.8 Å². The fourth-order valence-electron chi connectivity index (χ4n) is 1.98. The lowest BCUT2D eigenvalue weighted by Crippen LogP contribution is -2.54. The van der Waals surface area contributed by atoms with Gasteiger partial charge in [-0.2, -0.15) is 4.98 Å². The van der Waals surface area contributed by atoms with Gasteiger partial charge in [0.25, 0.3) is 0 Å². The van der Waals surface area contributed by atoms with Crippen molar-refractivity contribution in [3.05, 3.63) is 11.8 Å². The van der Waals surface area contributed by atoms with E-state index >= 15 is 0 Å². The minimum Gasteiger partial charge on any atom is -0.481 e. The molecule has 1 aliphatic carbocycles. The zero-order valence-corrected chi connectivity index (χ0v) is 11.4. The molecule has 0 aliphatic heterocycles. The highest BCUT2D eigenvalue weighted by Crippen LogP contribution is 2.45. The van der Waals surface area contributed by atoms with Crippen molar-refractivity contribution in [1.29, 1.82) is 0 Å². The van der Waals surface area contributed by atoms with Crippen LogP contribution in [0.5, 0.6) is 5.88 Å². The van der Waals surface area contributed by atoms with Gasteiger partial charge in [-0.05, 0) is 13.3 Å². The van der Waals surface area contributed by atoms with Crippen LogP contribution < -0.4 is 10.1 Å². The fraction of sp³-hybridized carbons (Fsp3) is 0.667. The Hall–Kier alpha value is -1.03. The van der Waals surface area contributed by atoms with Crippen LogP contribution in [0.3, 0.4) is 0 Å². The van der Waals surface area contributed by atoms with Crippen LogP contribution in [0, 0.1) is 12.3 Å². The monoisotopic (exact) mass is 255 g/mol. The number of nitrogens with zero attached hydrogens (tertiary/aromatic N) is 2. The molecule has 1 N–H and O–H groups in total. The molecule has 1 aromatic rings. The van der Waals surface area contributed by atoms with Crippen molar-refractivity contribution in [2.75, 3.05) is 12.4 Å². The van der Waals surface area contributed by atoms with Crippen molar-refractivity contribution in [3.8, 4) is 5.88 Å². The molecule has 0 bridgehead atoms. The molecule has 1 fully saturated rings. The maximum absolute atomic E-state index is 6.19. The van der Waals surface area contributed by atoms with E-state index < -0.39 is 0 Å². The average Bonchev–Trinajstić information content (AvgIpc) is 2.28. The van der Waals surface area contributed by atoms with E-state index in [1.165, 1.54) is 0 Å². The summed E-state index contributed by atoms with van der Waals surface area (Å²) in [6, 6.07) is 2.12. The van der Waals surface area contributed by atoms with Crippen LogP contribution in [0.15, 0.2) is 6.07 Å². The van der Waals surface area contributed by atoms with Gasteiger partial charge in [0.1, 0.15) is 0 Å². The van der Waals surface area contributed by atoms with Crippen molar-refractivity contribution in [2.24, 2.45) is 5.41 Å². The average molecular weight is 256 g/mol. The maximum Gasteiger partial charge on any atom is 0.226 e. The number of alkyl halides is 1. The van der Waals surface area contributed by atoms with Crippen molar-refractivity contribution < 1.29 is 4.74 Å². The third-order valence-corrected chi connectivity index (χ3v) is 4.23. The summed E-state index contributed by atoms with van der Waals surface area (Å²) < 4.78 is 5.12. The second kappa shape index (κ2) is 4.33. The second-order valence-corrected chi connectivity index (χ2v) is 5.62. The summed E-state index contributed by atoms with van der Waals surface area (Å²) in [6.07, 6.45) is 0.939. The Bertz CT molecular complexity index is 422. The Balaban J connectivity index is 2.12. The van der Waals surface area contributed by atoms with E-state index in [2.05, 4.69) is 29.1 Å². The molecular formula is C12H18ClN3O. The van der Waals surface area contributed by atoms with Crippen LogP contribution in [-0.2, 0) is 0 Å². The van der Waals surface area contributed by atoms with E-state index in [9.17, 15) is 0 Å². The highest BCUT2D eigenvalue weighted by Gasteiger charge is 2.47. The fourth-order valence-corrected chi connectivity index (χ4v) is 2.31. The minimum atomic E-state index is 0.0713. The lowest BCUT2D eigenvalue weighted by atomic mass is 9.67. The first-order chi connectivity index (χ1) is 7.93. The lowest BCUT2D eigenvalue weighted by Gasteiger charge is -2.49. The van der Waals surface area contributed by atoms with Crippen molar-refractivity contribution >= 4 is 17.5 Å². The summed E-state index contributed by atoms with van der Waals surface area (Å²) in [5.74, 6) is 1.20. The normalized spacial score (nSPS) is 26.2. The van der Waals surface area contributed by atoms with Crippen LogP contribution in [0.2, 0.25) is 0 Å². The summed E-state index contributed by atoms with van der Waals surface area (Å²) in [5.41, 5.74) is 0.959. The molecule has 1 aliphatic rings. The SMILES string of the molecule is COc1cc(C)nc(NC2CC(Cl)C2(C)C)n1. The predicted octanol–water partition coefficient (Wildman–Crippen LogP) is 2.61. The van der Waals surface area contributed by atoms with Gasteiger partial charge in [0.15, 0.2) is 0 Å². The summed E-state index contributed by atoms with van der Waals surface area (Å²) in [4.78, 5) is 8.63. The van der Waals surface area contributed by atoms with Gasteiger partial charge in [0, 0.05) is 28.6 Å². The van der Waals surface area contributed by atoms with E-state index in [0.29, 0.717) is 17.9 Å². The number of methoxy groups -OCH3 is 1. The molecule has 17 heavy (non-hydrogen) atoms. The molecule has 4 nitrogen and oxygen atoms in total. The number of ether oxygens (including phenoxy) is 1. The first kappa shape index (κ1) is 12.4. The Morgan fingerprint density at radius 2 is 2.18 bits per heavy atom. The summed E-state index contributed by atoms with van der Waals surface area (Å²) in [6.45, 7) is 6.23. The highest BCUT2D eigenvalue weighted by atomic mass is 35.5. The summed E-state index contributed by atoms with van der Waals surface area (Å²) in [7, 11) is 1.60. The minimum absolute atomic E-state index is 0.0713. The molecule has 1 heterocycles. The summed E-state index contributed by atoms with van der Waals surface area (Å²) in [5, 5.41) is 3.54. The predicted molar refractivity (Wildman–Crippen MR) is 68.8 cm³/mol. The molecule has 2 rings (SSSR count). The van der Waals surface area contributed by atoms with Crippen molar-refractivity contribution in [2.45, 2.75) is 38.6 Å². The number of aromatic nitrogens is 2. The van der Waals surface area contributed by atoms with E-state index in [-0.39, 0.29) is 10.8 Å². The van der Waals surface area contributed by atoms with Crippen molar-refractivity contribution in [1.82, 2.24) is 9.97 Å². The number of halogens is 1.